The number of fused-ring (bicyclic) bond motifs is 1. The van der Waals surface area contributed by atoms with Crippen LogP contribution in [0.5, 0.6) is 0 Å². The van der Waals surface area contributed by atoms with Gasteiger partial charge >= 0.3 is 0 Å². The number of imidazole rings is 1. The van der Waals surface area contributed by atoms with Gasteiger partial charge in [0.2, 0.25) is 0 Å². The smallest absolute Gasteiger partial charge is 0.256 e. The number of nitrogens with zero attached hydrogens (tertiary/aromatic N) is 1. The Balaban J connectivity index is 1.89. The number of carbonyl (C=O) groups is 1. The summed E-state index contributed by atoms with van der Waals surface area (Å²) in [5, 5.41) is 2.88. The predicted molar refractivity (Wildman–Crippen MR) is 82.9 cm³/mol. The van der Waals surface area contributed by atoms with E-state index in [1.807, 2.05) is 43.3 Å². The molecule has 1 amide bonds. The maximum absolute atomic E-state index is 12.2. The lowest BCUT2D eigenvalue weighted by molar-refractivity contribution is 0.102. The van der Waals surface area contributed by atoms with Crippen LogP contribution in [0.2, 0.25) is 0 Å². The van der Waals surface area contributed by atoms with E-state index in [0.29, 0.717) is 5.56 Å². The molecule has 0 bridgehead atoms. The van der Waals surface area contributed by atoms with Gasteiger partial charge in [-0.25, -0.2) is 4.98 Å². The minimum atomic E-state index is -0.145. The number of anilines is 1. The van der Waals surface area contributed by atoms with Crippen molar-refractivity contribution in [2.24, 2.45) is 0 Å². The molecule has 100 valence electrons. The number of carbonyl (C=O) groups excluding carboxylic acids is 1. The fourth-order valence-electron chi connectivity index (χ4n) is 2.06. The number of benzene rings is 2. The molecule has 0 aliphatic rings. The number of aromatic amines is 1. The van der Waals surface area contributed by atoms with Gasteiger partial charge in [-0.3, -0.25) is 4.79 Å². The van der Waals surface area contributed by atoms with Crippen molar-refractivity contribution >= 4 is 38.6 Å². The number of aromatic nitrogens is 2. The first-order valence-electron chi connectivity index (χ1n) is 6.16. The third kappa shape index (κ3) is 2.44. The van der Waals surface area contributed by atoms with Crippen molar-refractivity contribution in [2.75, 3.05) is 5.32 Å². The van der Waals surface area contributed by atoms with Gasteiger partial charge in [-0.05, 0) is 53.2 Å². The Labute approximate surface area is 124 Å². The zero-order chi connectivity index (χ0) is 14.1. The lowest BCUT2D eigenvalue weighted by Gasteiger charge is -2.06. The van der Waals surface area contributed by atoms with Crippen LogP contribution >= 0.6 is 15.9 Å². The Bertz CT molecular complexity index is 795. The Morgan fingerprint density at radius 1 is 1.25 bits per heavy atom. The van der Waals surface area contributed by atoms with Crippen molar-refractivity contribution < 1.29 is 4.79 Å². The molecule has 2 aromatic carbocycles. The van der Waals surface area contributed by atoms with Crippen LogP contribution in [0.1, 0.15) is 16.2 Å². The van der Waals surface area contributed by atoms with Crippen LogP contribution in [-0.4, -0.2) is 15.9 Å². The Morgan fingerprint density at radius 3 is 2.85 bits per heavy atom. The molecule has 0 saturated carbocycles. The van der Waals surface area contributed by atoms with E-state index in [0.717, 1.165) is 27.0 Å². The third-order valence-corrected chi connectivity index (χ3v) is 3.67. The molecule has 0 spiro atoms. The maximum atomic E-state index is 12.2. The monoisotopic (exact) mass is 329 g/mol. The first kappa shape index (κ1) is 12.9. The number of halogens is 1. The molecule has 0 aliphatic carbocycles. The van der Waals surface area contributed by atoms with Crippen LogP contribution in [0.3, 0.4) is 0 Å². The molecule has 0 unspecified atom stereocenters. The van der Waals surface area contributed by atoms with E-state index in [1.165, 1.54) is 0 Å². The fourth-order valence-corrected chi connectivity index (χ4v) is 2.52. The molecule has 3 aromatic rings. The highest BCUT2D eigenvalue weighted by Crippen LogP contribution is 2.20. The Hall–Kier alpha value is -2.14. The van der Waals surface area contributed by atoms with E-state index in [4.69, 9.17) is 0 Å². The molecule has 0 radical (unpaired) electrons. The second kappa shape index (κ2) is 5.09. The molecule has 2 N–H and O–H groups in total. The number of amides is 1. The molecule has 20 heavy (non-hydrogen) atoms. The maximum Gasteiger partial charge on any atom is 0.256 e. The Kier molecular flexibility index (Phi) is 3.28. The second-order valence-electron chi connectivity index (χ2n) is 4.49. The predicted octanol–water partition coefficient (Wildman–Crippen LogP) is 3.89. The zero-order valence-corrected chi connectivity index (χ0v) is 12.4. The van der Waals surface area contributed by atoms with E-state index >= 15 is 0 Å². The molecule has 4 nitrogen and oxygen atoms in total. The molecular weight excluding hydrogens is 318 g/mol. The average molecular weight is 330 g/mol. The summed E-state index contributed by atoms with van der Waals surface area (Å²) < 4.78 is 0.774. The summed E-state index contributed by atoms with van der Waals surface area (Å²) in [5.41, 5.74) is 3.14. The number of aryl methyl sites for hydroxylation is 1. The summed E-state index contributed by atoms with van der Waals surface area (Å²) in [6.07, 6.45) is 0. The topological polar surface area (TPSA) is 57.8 Å². The largest absolute Gasteiger partial charge is 0.342 e. The first-order chi connectivity index (χ1) is 9.63. The van der Waals surface area contributed by atoms with Gasteiger partial charge in [-0.2, -0.15) is 0 Å². The van der Waals surface area contributed by atoms with Crippen LogP contribution in [-0.2, 0) is 0 Å². The van der Waals surface area contributed by atoms with E-state index < -0.39 is 0 Å². The van der Waals surface area contributed by atoms with E-state index in [1.54, 1.807) is 6.07 Å². The van der Waals surface area contributed by atoms with Crippen LogP contribution in [0.25, 0.3) is 11.0 Å². The third-order valence-electron chi connectivity index (χ3n) is 2.98. The minimum absolute atomic E-state index is 0.145. The number of hydrogen-bond donors (Lipinski definition) is 2. The normalized spacial score (nSPS) is 10.7. The summed E-state index contributed by atoms with van der Waals surface area (Å²) in [5.74, 6) is 0.711. The van der Waals surface area contributed by atoms with Gasteiger partial charge in [0.05, 0.1) is 16.6 Å². The number of nitrogens with one attached hydrogen (secondary N) is 2. The SMILES string of the molecule is Cc1nc2ccc(NC(=O)c3ccccc3Br)cc2[nH]1. The van der Waals surface area contributed by atoms with Gasteiger partial charge in [0, 0.05) is 10.2 Å². The van der Waals surface area contributed by atoms with Crippen molar-refractivity contribution in [3.05, 3.63) is 58.3 Å². The van der Waals surface area contributed by atoms with Gasteiger partial charge < -0.3 is 10.3 Å². The number of H-pyrrole nitrogens is 1. The fraction of sp³-hybridized carbons (Fsp3) is 0.0667. The summed E-state index contributed by atoms with van der Waals surface area (Å²) in [4.78, 5) is 19.7. The molecule has 1 aromatic heterocycles. The van der Waals surface area contributed by atoms with Crippen LogP contribution in [0.15, 0.2) is 46.9 Å². The lowest BCUT2D eigenvalue weighted by Crippen LogP contribution is -2.12. The summed E-state index contributed by atoms with van der Waals surface area (Å²) in [7, 11) is 0. The van der Waals surface area contributed by atoms with E-state index in [-0.39, 0.29) is 5.91 Å². The zero-order valence-electron chi connectivity index (χ0n) is 10.8. The summed E-state index contributed by atoms with van der Waals surface area (Å²) >= 11 is 3.38. The lowest BCUT2D eigenvalue weighted by atomic mass is 10.2. The highest BCUT2D eigenvalue weighted by Gasteiger charge is 2.10. The van der Waals surface area contributed by atoms with Crippen LogP contribution < -0.4 is 5.32 Å². The Morgan fingerprint density at radius 2 is 2.05 bits per heavy atom. The standard InChI is InChI=1S/C15H12BrN3O/c1-9-17-13-7-6-10(8-14(13)18-9)19-15(20)11-4-2-3-5-12(11)16/h2-8H,1H3,(H,17,18)(H,19,20). The second-order valence-corrected chi connectivity index (χ2v) is 5.34. The van der Waals surface area contributed by atoms with Crippen LogP contribution in [0.4, 0.5) is 5.69 Å². The van der Waals surface area contributed by atoms with E-state index in [9.17, 15) is 4.79 Å². The van der Waals surface area contributed by atoms with Gasteiger partial charge in [0.15, 0.2) is 0 Å². The minimum Gasteiger partial charge on any atom is -0.342 e. The summed E-state index contributed by atoms with van der Waals surface area (Å²) in [6, 6.07) is 12.9. The van der Waals surface area contributed by atoms with Crippen molar-refractivity contribution in [3.63, 3.8) is 0 Å². The van der Waals surface area contributed by atoms with Crippen molar-refractivity contribution in [1.29, 1.82) is 0 Å². The van der Waals surface area contributed by atoms with Crippen LogP contribution in [0, 0.1) is 6.92 Å². The summed E-state index contributed by atoms with van der Waals surface area (Å²) in [6.45, 7) is 1.90. The molecule has 0 atom stereocenters. The molecule has 1 heterocycles. The molecule has 3 rings (SSSR count). The average Bonchev–Trinajstić information content (AvgIpc) is 2.78. The molecule has 0 fully saturated rings. The van der Waals surface area contributed by atoms with Crippen molar-refractivity contribution in [1.82, 2.24) is 9.97 Å². The quantitative estimate of drug-likeness (QED) is 0.749. The molecule has 0 saturated heterocycles. The number of hydrogen-bond acceptors (Lipinski definition) is 2. The number of rotatable bonds is 2. The van der Waals surface area contributed by atoms with Crippen molar-refractivity contribution in [3.8, 4) is 0 Å². The first-order valence-corrected chi connectivity index (χ1v) is 6.95. The molecular formula is C15H12BrN3O. The highest BCUT2D eigenvalue weighted by atomic mass is 79.9. The molecule has 0 aliphatic heterocycles. The van der Waals surface area contributed by atoms with Gasteiger partial charge in [0.25, 0.3) is 5.91 Å². The van der Waals surface area contributed by atoms with Crippen molar-refractivity contribution in [2.45, 2.75) is 6.92 Å². The van der Waals surface area contributed by atoms with Gasteiger partial charge in [-0.15, -0.1) is 0 Å². The van der Waals surface area contributed by atoms with Gasteiger partial charge in [-0.1, -0.05) is 12.1 Å². The van der Waals surface area contributed by atoms with E-state index in [2.05, 4.69) is 31.2 Å². The van der Waals surface area contributed by atoms with Gasteiger partial charge in [0.1, 0.15) is 5.82 Å². The molecule has 5 heteroatoms. The highest BCUT2D eigenvalue weighted by molar-refractivity contribution is 9.10.